The Morgan fingerprint density at radius 3 is 2.65 bits per heavy atom. The number of rotatable bonds is 9. The number of halogens is 3. The van der Waals surface area contributed by atoms with Gasteiger partial charge in [-0.1, -0.05) is 24.3 Å². The van der Waals surface area contributed by atoms with Crippen molar-refractivity contribution in [1.29, 1.82) is 0 Å². The molecule has 9 nitrogen and oxygen atoms in total. The Kier molecular flexibility index (Phi) is 8.15. The zero-order chi connectivity index (χ0) is 24.9. The third-order valence-electron chi connectivity index (χ3n) is 5.07. The van der Waals surface area contributed by atoms with Gasteiger partial charge in [-0.3, -0.25) is 10.1 Å². The van der Waals surface area contributed by atoms with Crippen molar-refractivity contribution in [3.05, 3.63) is 53.6 Å². The molecule has 1 aliphatic heterocycles. The van der Waals surface area contributed by atoms with Crippen LogP contribution in [-0.2, 0) is 26.0 Å². The van der Waals surface area contributed by atoms with Crippen molar-refractivity contribution in [2.75, 3.05) is 25.1 Å². The van der Waals surface area contributed by atoms with Crippen LogP contribution >= 0.6 is 0 Å². The Morgan fingerprint density at radius 1 is 1.26 bits per heavy atom. The zero-order valence-electron chi connectivity index (χ0n) is 17.8. The third-order valence-corrected chi connectivity index (χ3v) is 6.04. The predicted molar refractivity (Wildman–Crippen MR) is 115 cm³/mol. The van der Waals surface area contributed by atoms with Crippen molar-refractivity contribution in [2.45, 2.75) is 30.3 Å². The van der Waals surface area contributed by atoms with E-state index in [1.807, 2.05) is 0 Å². The van der Waals surface area contributed by atoms with Crippen LogP contribution in [0.15, 0.2) is 47.4 Å². The van der Waals surface area contributed by atoms with Gasteiger partial charge in [0, 0.05) is 30.0 Å². The molecule has 1 aliphatic rings. The van der Waals surface area contributed by atoms with Gasteiger partial charge in [0.25, 0.3) is 0 Å². The van der Waals surface area contributed by atoms with E-state index in [1.54, 1.807) is 0 Å². The Hall–Kier alpha value is -2.71. The molecule has 0 bridgehead atoms. The summed E-state index contributed by atoms with van der Waals surface area (Å²) in [7, 11) is -4.28. The van der Waals surface area contributed by atoms with Crippen molar-refractivity contribution in [1.82, 2.24) is 5.32 Å². The average molecular weight is 503 g/mol. The molecule has 5 N–H and O–H groups in total. The second-order valence-corrected chi connectivity index (χ2v) is 9.25. The second-order valence-electron chi connectivity index (χ2n) is 7.72. The quantitative estimate of drug-likeness (QED) is 0.384. The first-order valence-electron chi connectivity index (χ1n) is 10.2. The minimum Gasteiger partial charge on any atom is -0.405 e. The maximum atomic E-state index is 12.6. The molecule has 1 saturated heterocycles. The number of alkyl halides is 3. The van der Waals surface area contributed by atoms with Gasteiger partial charge in [0.1, 0.15) is 12.0 Å². The van der Waals surface area contributed by atoms with Gasteiger partial charge in [0.2, 0.25) is 15.9 Å². The number of hydrogen-bond donors (Lipinski definition) is 4. The molecule has 0 aromatic heterocycles. The number of aliphatic hydroxyl groups is 1. The Morgan fingerprint density at radius 2 is 2.00 bits per heavy atom. The van der Waals surface area contributed by atoms with E-state index in [4.69, 9.17) is 9.88 Å². The maximum absolute atomic E-state index is 12.6. The summed E-state index contributed by atoms with van der Waals surface area (Å²) >= 11 is 0. The largest absolute Gasteiger partial charge is 0.573 e. The number of anilines is 1. The number of carbonyl (C=O) groups is 1. The van der Waals surface area contributed by atoms with Crippen LogP contribution in [0.25, 0.3) is 0 Å². The summed E-state index contributed by atoms with van der Waals surface area (Å²) in [5.74, 6) is -1.06. The number of hydrogen-bond acceptors (Lipinski definition) is 7. The van der Waals surface area contributed by atoms with Crippen LogP contribution in [-0.4, -0.2) is 45.6 Å². The van der Waals surface area contributed by atoms with Gasteiger partial charge in [0.15, 0.2) is 0 Å². The Bertz CT molecular complexity index is 1120. The molecule has 1 fully saturated rings. The molecule has 0 aliphatic carbocycles. The predicted octanol–water partition coefficient (Wildman–Crippen LogP) is 2.03. The number of carbonyl (C=O) groups excluding carboxylic acids is 1. The molecule has 2 aromatic carbocycles. The van der Waals surface area contributed by atoms with Crippen molar-refractivity contribution >= 4 is 21.6 Å². The molecule has 0 spiro atoms. The molecule has 186 valence electrons. The van der Waals surface area contributed by atoms with Crippen LogP contribution in [0.3, 0.4) is 0 Å². The van der Waals surface area contributed by atoms with Crippen LogP contribution in [0, 0.1) is 5.92 Å². The lowest BCUT2D eigenvalue weighted by molar-refractivity contribution is -0.274. The number of nitrogens with one attached hydrogen (secondary N) is 2. The number of para-hydroxylation sites is 1. The van der Waals surface area contributed by atoms with Crippen molar-refractivity contribution in [3.8, 4) is 5.75 Å². The summed E-state index contributed by atoms with van der Waals surface area (Å²) in [6.07, 6.45) is -5.92. The van der Waals surface area contributed by atoms with Gasteiger partial charge < -0.3 is 19.9 Å². The number of sulfonamides is 1. The van der Waals surface area contributed by atoms with E-state index in [0.29, 0.717) is 19.8 Å². The molecule has 3 rings (SSSR count). The molecule has 2 aromatic rings. The van der Waals surface area contributed by atoms with E-state index in [9.17, 15) is 31.5 Å². The smallest absolute Gasteiger partial charge is 0.405 e. The van der Waals surface area contributed by atoms with Crippen molar-refractivity contribution < 1.29 is 41.0 Å². The molecule has 0 saturated carbocycles. The highest BCUT2D eigenvalue weighted by Gasteiger charge is 2.32. The lowest BCUT2D eigenvalue weighted by Crippen LogP contribution is -2.29. The average Bonchev–Trinajstić information content (AvgIpc) is 3.25. The minimum atomic E-state index is -4.92. The molecule has 0 radical (unpaired) electrons. The van der Waals surface area contributed by atoms with E-state index in [1.165, 1.54) is 30.3 Å². The second kappa shape index (κ2) is 10.7. The Balaban J connectivity index is 1.73. The van der Waals surface area contributed by atoms with Crippen LogP contribution in [0.2, 0.25) is 0 Å². The number of nitrogens with two attached hydrogens (primary N) is 1. The van der Waals surface area contributed by atoms with Gasteiger partial charge in [-0.05, 0) is 30.5 Å². The fourth-order valence-corrected chi connectivity index (χ4v) is 4.27. The summed E-state index contributed by atoms with van der Waals surface area (Å²) in [4.78, 5) is 12.0. The summed E-state index contributed by atoms with van der Waals surface area (Å²) in [6.45, 7) is 1.54. The summed E-state index contributed by atoms with van der Waals surface area (Å²) in [5.41, 5.74) is 0.00264. The lowest BCUT2D eigenvalue weighted by Gasteiger charge is -2.19. The lowest BCUT2D eigenvalue weighted by atomic mass is 10.1. The summed E-state index contributed by atoms with van der Waals surface area (Å²) < 4.78 is 71.2. The van der Waals surface area contributed by atoms with Crippen LogP contribution in [0.4, 0.5) is 18.9 Å². The van der Waals surface area contributed by atoms with Gasteiger partial charge in [-0.15, -0.1) is 13.2 Å². The number of aliphatic hydroxyl groups excluding tert-OH is 1. The van der Waals surface area contributed by atoms with Gasteiger partial charge in [-0.25, -0.2) is 13.6 Å². The Labute approximate surface area is 194 Å². The molecule has 13 heteroatoms. The number of ether oxygens (including phenoxy) is 2. The molecule has 2 atom stereocenters. The number of primary sulfonamides is 1. The van der Waals surface area contributed by atoms with Crippen molar-refractivity contribution in [2.24, 2.45) is 11.1 Å². The van der Waals surface area contributed by atoms with Crippen LogP contribution in [0.1, 0.15) is 23.8 Å². The first-order valence-corrected chi connectivity index (χ1v) is 11.8. The summed E-state index contributed by atoms with van der Waals surface area (Å²) in [5, 5.41) is 21.0. The highest BCUT2D eigenvalue weighted by molar-refractivity contribution is 7.89. The normalized spacial score (nSPS) is 17.4. The van der Waals surface area contributed by atoms with Crippen LogP contribution < -0.4 is 20.5 Å². The summed E-state index contributed by atoms with van der Waals surface area (Å²) in [6, 6.07) is 8.88. The molecular formula is C21H24F3N3O6S. The molecule has 2 unspecified atom stereocenters. The molecule has 1 heterocycles. The fraction of sp³-hybridized carbons (Fsp3) is 0.381. The van der Waals surface area contributed by atoms with E-state index in [2.05, 4.69) is 15.4 Å². The van der Waals surface area contributed by atoms with Gasteiger partial charge >= 0.3 is 6.36 Å². The SMILES string of the molecule is NS(=O)(=O)c1cc(NC(=O)Cc2ccccc2OC(F)(F)F)ccc1C(O)NCC1CCOC1. The first kappa shape index (κ1) is 25.9. The third kappa shape index (κ3) is 7.40. The topological polar surface area (TPSA) is 140 Å². The standard InChI is InChI=1S/C21H24F3N3O6S/c22-21(23,24)33-17-4-2-1-3-14(17)9-19(28)27-15-5-6-16(18(10-15)34(25,30)31)20(29)26-11-13-7-8-32-12-13/h1-6,10,13,20,26,29H,7-9,11-12H2,(H,27,28)(H2,25,30,31). The van der Waals surface area contributed by atoms with E-state index in [0.717, 1.165) is 18.6 Å². The first-order chi connectivity index (χ1) is 15.9. The monoisotopic (exact) mass is 503 g/mol. The van der Waals surface area contributed by atoms with Gasteiger partial charge in [-0.2, -0.15) is 0 Å². The van der Waals surface area contributed by atoms with E-state index in [-0.39, 0.29) is 22.7 Å². The van der Waals surface area contributed by atoms with Crippen molar-refractivity contribution in [3.63, 3.8) is 0 Å². The van der Waals surface area contributed by atoms with Gasteiger partial charge in [0.05, 0.1) is 17.9 Å². The van der Waals surface area contributed by atoms with Crippen LogP contribution in [0.5, 0.6) is 5.75 Å². The molecule has 1 amide bonds. The van der Waals surface area contributed by atoms with E-state index < -0.39 is 45.6 Å². The highest BCUT2D eigenvalue weighted by Crippen LogP contribution is 2.28. The maximum Gasteiger partial charge on any atom is 0.573 e. The minimum absolute atomic E-state index is 0.0108. The highest BCUT2D eigenvalue weighted by atomic mass is 32.2. The molecular weight excluding hydrogens is 479 g/mol. The number of amides is 1. The zero-order valence-corrected chi connectivity index (χ0v) is 18.7. The van der Waals surface area contributed by atoms with E-state index >= 15 is 0 Å². The number of benzene rings is 2. The molecule has 34 heavy (non-hydrogen) atoms. The fourth-order valence-electron chi connectivity index (χ4n) is 3.47.